The fourth-order valence-corrected chi connectivity index (χ4v) is 2.80. The Morgan fingerprint density at radius 2 is 1.93 bits per heavy atom. The Labute approximate surface area is 151 Å². The van der Waals surface area contributed by atoms with Crippen LogP contribution in [0.15, 0.2) is 41.3 Å². The van der Waals surface area contributed by atoms with Gasteiger partial charge >= 0.3 is 12.2 Å². The molecule has 0 saturated heterocycles. The van der Waals surface area contributed by atoms with Gasteiger partial charge < -0.3 is 20.9 Å². The van der Waals surface area contributed by atoms with E-state index in [0.717, 1.165) is 5.56 Å². The van der Waals surface area contributed by atoms with Crippen LogP contribution >= 0.6 is 0 Å². The van der Waals surface area contributed by atoms with Gasteiger partial charge in [-0.25, -0.2) is 4.79 Å². The van der Waals surface area contributed by atoms with Crippen molar-refractivity contribution < 1.29 is 22.8 Å². The van der Waals surface area contributed by atoms with Gasteiger partial charge in [0.1, 0.15) is 5.69 Å². The number of fused-ring (bicyclic) bond motifs is 1. The third-order valence-electron chi connectivity index (χ3n) is 4.11. The lowest BCUT2D eigenvalue weighted by Gasteiger charge is -2.12. The van der Waals surface area contributed by atoms with Gasteiger partial charge in [0.15, 0.2) is 0 Å². The molecule has 1 aliphatic heterocycles. The van der Waals surface area contributed by atoms with Crippen molar-refractivity contribution in [2.24, 2.45) is 0 Å². The third kappa shape index (κ3) is 4.10. The molecule has 0 spiro atoms. The zero-order chi connectivity index (χ0) is 19.6. The topological polar surface area (TPSA) is 103 Å². The van der Waals surface area contributed by atoms with E-state index >= 15 is 0 Å². The van der Waals surface area contributed by atoms with E-state index in [2.05, 4.69) is 16.0 Å². The summed E-state index contributed by atoms with van der Waals surface area (Å²) in [6.45, 7) is 0.0924. The van der Waals surface area contributed by atoms with Crippen LogP contribution < -0.4 is 21.5 Å². The van der Waals surface area contributed by atoms with Crippen LogP contribution in [0.2, 0.25) is 0 Å². The molecular weight excluding hydrogens is 365 g/mol. The summed E-state index contributed by atoms with van der Waals surface area (Å²) in [6, 6.07) is 6.88. The zero-order valence-corrected chi connectivity index (χ0v) is 13.8. The number of rotatable bonds is 4. The van der Waals surface area contributed by atoms with Gasteiger partial charge in [0.2, 0.25) is 5.91 Å². The molecule has 0 bridgehead atoms. The molecule has 1 unspecified atom stereocenters. The summed E-state index contributed by atoms with van der Waals surface area (Å²) in [5.74, 6) is -0.619. The van der Waals surface area contributed by atoms with E-state index in [1.54, 1.807) is 24.3 Å². The molecule has 0 saturated carbocycles. The van der Waals surface area contributed by atoms with Crippen molar-refractivity contribution in [1.82, 2.24) is 10.3 Å². The van der Waals surface area contributed by atoms with Crippen molar-refractivity contribution in [3.8, 4) is 0 Å². The van der Waals surface area contributed by atoms with Crippen LogP contribution in [0.3, 0.4) is 0 Å². The van der Waals surface area contributed by atoms with Crippen LogP contribution in [0.25, 0.3) is 0 Å². The van der Waals surface area contributed by atoms with Crippen LogP contribution in [0, 0.1) is 0 Å². The molecule has 2 heterocycles. The molecule has 1 aliphatic rings. The van der Waals surface area contributed by atoms with Crippen molar-refractivity contribution in [3.63, 3.8) is 0 Å². The number of alkyl halides is 3. The quantitative estimate of drug-likeness (QED) is 0.656. The molecule has 3 rings (SSSR count). The first-order valence-electron chi connectivity index (χ1n) is 8.00. The van der Waals surface area contributed by atoms with E-state index in [1.807, 2.05) is 4.98 Å². The highest BCUT2D eigenvalue weighted by Crippen LogP contribution is 2.34. The van der Waals surface area contributed by atoms with Gasteiger partial charge in [0.25, 0.3) is 5.56 Å². The number of hydrogen-bond acceptors (Lipinski definition) is 3. The van der Waals surface area contributed by atoms with E-state index in [1.165, 1.54) is 0 Å². The van der Waals surface area contributed by atoms with Crippen molar-refractivity contribution in [1.29, 1.82) is 0 Å². The zero-order valence-electron chi connectivity index (χ0n) is 13.8. The summed E-state index contributed by atoms with van der Waals surface area (Å²) in [6.07, 6.45) is -3.82. The molecule has 142 valence electrons. The largest absolute Gasteiger partial charge is 0.417 e. The summed E-state index contributed by atoms with van der Waals surface area (Å²) >= 11 is 0. The highest BCUT2D eigenvalue weighted by atomic mass is 19.4. The number of anilines is 2. The SMILES string of the molecule is O=C(NCCC1C(=O)Nc2ccccc21)Nc1cc(C(F)(F)F)c[nH]c1=O. The molecule has 3 amide bonds. The van der Waals surface area contributed by atoms with E-state index in [9.17, 15) is 27.6 Å². The summed E-state index contributed by atoms with van der Waals surface area (Å²) in [5.41, 5.74) is -0.934. The number of urea groups is 1. The molecule has 1 atom stereocenters. The molecule has 10 heteroatoms. The van der Waals surface area contributed by atoms with Gasteiger partial charge in [-0.2, -0.15) is 13.2 Å². The number of nitrogens with one attached hydrogen (secondary N) is 4. The Morgan fingerprint density at radius 1 is 1.19 bits per heavy atom. The molecule has 27 heavy (non-hydrogen) atoms. The van der Waals surface area contributed by atoms with Gasteiger partial charge in [0.05, 0.1) is 11.5 Å². The minimum absolute atomic E-state index is 0.0924. The van der Waals surface area contributed by atoms with Crippen molar-refractivity contribution in [3.05, 3.63) is 58.0 Å². The van der Waals surface area contributed by atoms with Crippen molar-refractivity contribution in [2.75, 3.05) is 17.2 Å². The predicted octanol–water partition coefficient (Wildman–Crippen LogP) is 2.64. The van der Waals surface area contributed by atoms with Gasteiger partial charge in [0, 0.05) is 18.4 Å². The lowest BCUT2D eigenvalue weighted by atomic mass is 9.97. The lowest BCUT2D eigenvalue weighted by Crippen LogP contribution is -2.33. The molecule has 1 aromatic heterocycles. The monoisotopic (exact) mass is 380 g/mol. The molecule has 4 N–H and O–H groups in total. The maximum Gasteiger partial charge on any atom is 0.417 e. The number of hydrogen-bond donors (Lipinski definition) is 4. The summed E-state index contributed by atoms with van der Waals surface area (Å²) in [7, 11) is 0. The molecule has 0 radical (unpaired) electrons. The third-order valence-corrected chi connectivity index (χ3v) is 4.11. The normalized spacial score (nSPS) is 15.8. The number of amides is 3. The van der Waals surface area contributed by atoms with Crippen molar-refractivity contribution in [2.45, 2.75) is 18.5 Å². The maximum atomic E-state index is 12.7. The Hall–Kier alpha value is -3.30. The number of para-hydroxylation sites is 1. The van der Waals surface area contributed by atoms with Gasteiger partial charge in [-0.05, 0) is 24.1 Å². The summed E-state index contributed by atoms with van der Waals surface area (Å²) < 4.78 is 38.0. The van der Waals surface area contributed by atoms with E-state index < -0.39 is 34.9 Å². The molecular formula is C17H15F3N4O3. The second-order valence-electron chi connectivity index (χ2n) is 5.93. The van der Waals surface area contributed by atoms with Crippen LogP contribution in [0.1, 0.15) is 23.5 Å². The fraction of sp³-hybridized carbons (Fsp3) is 0.235. The number of pyridine rings is 1. The molecule has 7 nitrogen and oxygen atoms in total. The first kappa shape index (κ1) is 18.5. The number of aromatic nitrogens is 1. The number of carbonyl (C=O) groups excluding carboxylic acids is 2. The lowest BCUT2D eigenvalue weighted by molar-refractivity contribution is -0.137. The first-order chi connectivity index (χ1) is 12.8. The average Bonchev–Trinajstić information content (AvgIpc) is 2.91. The second-order valence-corrected chi connectivity index (χ2v) is 5.93. The Balaban J connectivity index is 1.58. The highest BCUT2D eigenvalue weighted by molar-refractivity contribution is 6.02. The molecule has 0 fully saturated rings. The van der Waals surface area contributed by atoms with E-state index in [4.69, 9.17) is 0 Å². The Bertz CT molecular complexity index is 940. The van der Waals surface area contributed by atoms with E-state index in [0.29, 0.717) is 24.4 Å². The summed E-state index contributed by atoms with van der Waals surface area (Å²) in [4.78, 5) is 37.4. The predicted molar refractivity (Wildman–Crippen MR) is 91.5 cm³/mol. The molecule has 2 aromatic rings. The van der Waals surface area contributed by atoms with E-state index in [-0.39, 0.29) is 12.5 Å². The molecule has 1 aromatic carbocycles. The van der Waals surface area contributed by atoms with Crippen LogP contribution in [0.4, 0.5) is 29.3 Å². The van der Waals surface area contributed by atoms with Crippen LogP contribution in [0.5, 0.6) is 0 Å². The molecule has 0 aliphatic carbocycles. The van der Waals surface area contributed by atoms with Gasteiger partial charge in [-0.15, -0.1) is 0 Å². The summed E-state index contributed by atoms with van der Waals surface area (Å²) in [5, 5.41) is 7.25. The minimum Gasteiger partial charge on any atom is -0.338 e. The highest BCUT2D eigenvalue weighted by Gasteiger charge is 2.32. The smallest absolute Gasteiger partial charge is 0.338 e. The second kappa shape index (κ2) is 7.14. The minimum atomic E-state index is -4.65. The standard InChI is InChI=1S/C17H15F3N4O3/c18-17(19,20)9-7-13(15(26)22-8-9)24-16(27)21-6-5-11-10-3-1-2-4-12(10)23-14(11)25/h1-4,7-8,11H,5-6H2,(H,22,26)(H,23,25)(H2,21,24,27). The van der Waals surface area contributed by atoms with Gasteiger partial charge in [-0.1, -0.05) is 18.2 Å². The average molecular weight is 380 g/mol. The number of aromatic amines is 1. The van der Waals surface area contributed by atoms with Gasteiger partial charge in [-0.3, -0.25) is 9.59 Å². The van der Waals surface area contributed by atoms with Crippen LogP contribution in [-0.4, -0.2) is 23.5 Å². The number of benzene rings is 1. The number of carbonyl (C=O) groups is 2. The first-order valence-corrected chi connectivity index (χ1v) is 8.00. The number of H-pyrrole nitrogens is 1. The van der Waals surface area contributed by atoms with Crippen molar-refractivity contribution >= 4 is 23.3 Å². The maximum absolute atomic E-state index is 12.7. The fourth-order valence-electron chi connectivity index (χ4n) is 2.80. The Kier molecular flexibility index (Phi) is 4.89. The number of halogens is 3. The van der Waals surface area contributed by atoms with Crippen LogP contribution in [-0.2, 0) is 11.0 Å². The Morgan fingerprint density at radius 3 is 2.67 bits per heavy atom.